The molecular formula is C145H294. The second-order valence-corrected chi connectivity index (χ2v) is 53.4. The van der Waals surface area contributed by atoms with Gasteiger partial charge in [-0.25, -0.2) is 0 Å². The Balaban J connectivity index is 0. The van der Waals surface area contributed by atoms with Gasteiger partial charge in [-0.1, -0.05) is 738 Å². The Morgan fingerprint density at radius 3 is 0.572 bits per heavy atom. The predicted molar refractivity (Wildman–Crippen MR) is 672 cm³/mol. The summed E-state index contributed by atoms with van der Waals surface area (Å²) >= 11 is 0. The van der Waals surface area contributed by atoms with E-state index in [4.69, 9.17) is 0 Å². The maximum absolute atomic E-state index is 2.58. The minimum atomic E-state index is 0.611. The third-order valence-electron chi connectivity index (χ3n) is 39.6. The van der Waals surface area contributed by atoms with E-state index in [1.165, 1.54) is 577 Å². The number of rotatable bonds is 76. The Labute approximate surface area is 926 Å². The highest BCUT2D eigenvalue weighted by molar-refractivity contribution is 5.04. The fourth-order valence-electron chi connectivity index (χ4n) is 28.4. The molecule has 0 aliphatic heterocycles. The Bertz CT molecular complexity index is 2180. The van der Waals surface area contributed by atoms with Crippen LogP contribution in [0.4, 0.5) is 0 Å². The van der Waals surface area contributed by atoms with Crippen LogP contribution in [0.1, 0.15) is 815 Å². The molecule has 874 valence electrons. The average molecular weight is 2040 g/mol. The fraction of sp³-hybridized carbons (Fsp3) is 1.00. The van der Waals surface area contributed by atoms with Gasteiger partial charge in [0.1, 0.15) is 0 Å². The van der Waals surface area contributed by atoms with E-state index in [0.29, 0.717) is 5.41 Å². The normalized spacial score (nSPS) is 23.6. The molecule has 8 aliphatic carbocycles. The summed E-state index contributed by atoms with van der Waals surface area (Å²) in [5.41, 5.74) is 0.611. The van der Waals surface area contributed by atoms with Crippen LogP contribution in [0.25, 0.3) is 0 Å². The lowest BCUT2D eigenvalue weighted by Gasteiger charge is -2.46. The molecule has 145 heavy (non-hydrogen) atoms. The SMILES string of the molecule is CC1CCC(C(C)(C)C2CCC(C)CC2)CC1.CC1CCC(C2CCC(C)CC2)CC1.CCC1CC2C3CC(CC)C(C3)C2C1.CCC1CCC(CC)CC1.CCCC(C)CCC.CCCCCCCC.CCCCCCCCCC.CCCCCCCCCC(CCCCCCCCC)C(CCCCCCCCC)CCCCCCCCC.CCCCCCCCCCCC.CCCCCCCCCCCCCC. The van der Waals surface area contributed by atoms with E-state index in [0.717, 1.165) is 101 Å². The van der Waals surface area contributed by atoms with Gasteiger partial charge in [0, 0.05) is 0 Å². The summed E-state index contributed by atoms with van der Waals surface area (Å²) in [6.07, 6.45) is 147. The van der Waals surface area contributed by atoms with Gasteiger partial charge < -0.3 is 0 Å². The lowest BCUT2D eigenvalue weighted by atomic mass is 9.59. The van der Waals surface area contributed by atoms with Gasteiger partial charge in [-0.15, -0.1) is 0 Å². The number of fused-ring (bicyclic) bond motifs is 5. The molecule has 0 nitrogen and oxygen atoms in total. The Morgan fingerprint density at radius 2 is 0.372 bits per heavy atom. The van der Waals surface area contributed by atoms with Crippen LogP contribution in [0.3, 0.4) is 0 Å². The third-order valence-corrected chi connectivity index (χ3v) is 39.6. The number of unbranched alkanes of at least 4 members (excludes halogenated alkanes) is 56. The molecule has 8 rings (SSSR count). The van der Waals surface area contributed by atoms with Gasteiger partial charge in [0.2, 0.25) is 0 Å². The summed E-state index contributed by atoms with van der Waals surface area (Å²) in [6, 6.07) is 0. The summed E-state index contributed by atoms with van der Waals surface area (Å²) in [6.45, 7) is 58.7. The number of hydrogen-bond donors (Lipinski definition) is 0. The molecule has 0 spiro atoms. The van der Waals surface area contributed by atoms with E-state index >= 15 is 0 Å². The van der Waals surface area contributed by atoms with Gasteiger partial charge in [-0.05, 0) is 195 Å². The second-order valence-electron chi connectivity index (χ2n) is 53.4. The van der Waals surface area contributed by atoms with Gasteiger partial charge in [-0.2, -0.15) is 0 Å². The smallest absolute Gasteiger partial charge is 0.0298 e. The first-order chi connectivity index (χ1) is 70.7. The van der Waals surface area contributed by atoms with E-state index in [-0.39, 0.29) is 0 Å². The van der Waals surface area contributed by atoms with E-state index in [1.807, 2.05) is 0 Å². The van der Waals surface area contributed by atoms with Crippen molar-refractivity contribution in [3.05, 3.63) is 0 Å². The van der Waals surface area contributed by atoms with Crippen LogP contribution in [-0.2, 0) is 0 Å². The first-order valence-electron chi connectivity index (χ1n) is 70.7. The molecule has 2 bridgehead atoms. The first-order valence-corrected chi connectivity index (χ1v) is 70.7. The first kappa shape index (κ1) is 147. The summed E-state index contributed by atoms with van der Waals surface area (Å²) in [5, 5.41) is 0. The molecule has 0 heteroatoms. The zero-order chi connectivity index (χ0) is 107. The summed E-state index contributed by atoms with van der Waals surface area (Å²) in [7, 11) is 0. The fourth-order valence-corrected chi connectivity index (χ4v) is 28.4. The summed E-state index contributed by atoms with van der Waals surface area (Å²) in [4.78, 5) is 0. The lowest BCUT2D eigenvalue weighted by molar-refractivity contribution is 0.0421. The maximum Gasteiger partial charge on any atom is -0.0298 e. The Kier molecular flexibility index (Phi) is 112. The molecule has 0 saturated heterocycles. The molecule has 8 aliphatic rings. The number of hydrogen-bond acceptors (Lipinski definition) is 0. The average Bonchev–Trinajstić information content (AvgIpc) is 1.59. The van der Waals surface area contributed by atoms with Gasteiger partial charge >= 0.3 is 0 Å². The third kappa shape index (κ3) is 85.8. The van der Waals surface area contributed by atoms with Crippen molar-refractivity contribution in [2.45, 2.75) is 815 Å². The maximum atomic E-state index is 2.58. The molecule has 0 heterocycles. The van der Waals surface area contributed by atoms with Crippen LogP contribution in [0.5, 0.6) is 0 Å². The van der Waals surface area contributed by atoms with Crippen LogP contribution in [-0.4, -0.2) is 0 Å². The van der Waals surface area contributed by atoms with Gasteiger partial charge in [0.15, 0.2) is 0 Å². The highest BCUT2D eigenvalue weighted by Gasteiger charge is 2.55. The van der Waals surface area contributed by atoms with Crippen molar-refractivity contribution in [2.24, 2.45) is 118 Å². The van der Waals surface area contributed by atoms with Crippen LogP contribution < -0.4 is 0 Å². The molecule has 8 saturated carbocycles. The predicted octanol–water partition coefficient (Wildman–Crippen LogP) is 54.2. The van der Waals surface area contributed by atoms with Crippen molar-refractivity contribution in [3.63, 3.8) is 0 Å². The van der Waals surface area contributed by atoms with E-state index in [1.54, 1.807) is 77.0 Å². The largest absolute Gasteiger partial charge is 0.0654 e. The van der Waals surface area contributed by atoms with E-state index < -0.39 is 0 Å². The van der Waals surface area contributed by atoms with Crippen LogP contribution in [0, 0.1) is 118 Å². The standard InChI is InChI=1S/C38H78.C17H32.C14H24.C14H26.C14H30.C12H26.C10H20.C10H22.2C8H18/c1-5-9-13-17-21-25-29-33-37(34-30-26-22-18-14-10-6-2)38(35-31-27-23-19-15-11-7-3)36-32-28-24-20-16-12-8-4;1-13-5-9-15(10-6-13)17(3,4)16-11-7-14(2)8-12-16;1-3-9-5-12-11-7-10(4-2)13(8-11)14(12)6-9;1-11-3-7-13(8-4-11)14-9-5-12(2)6-10-14;1-3-5-7-9-11-13-14-12-10-8-6-4-2;1-3-5-7-9-11-12-10-8-6-4-2;1-3-9-5-7-10(4-2)8-6-9;1-3-5-7-9-10-8-6-4-2;1-4-6-8(3)7-5-2;1-3-5-7-8-6-4-2/h37-38H,5-36H2,1-4H3;13-16H,5-12H2,1-4H3;9-14H,3-8H2,1-2H3;11-14H,3-10H2,1-2H3;3-14H2,1-2H3;3-12H2,1-2H3;9-10H,3-8H2,1-2H3;3-10H2,1-2H3;8H,4-7H2,1-3H3;3-8H2,1-2H3. The quantitative estimate of drug-likeness (QED) is 0.0533. The molecular weight excluding hydrogens is 1740 g/mol. The van der Waals surface area contributed by atoms with E-state index in [9.17, 15) is 0 Å². The lowest BCUT2D eigenvalue weighted by Crippen LogP contribution is -2.36. The minimum Gasteiger partial charge on any atom is -0.0654 e. The van der Waals surface area contributed by atoms with Crippen molar-refractivity contribution in [1.29, 1.82) is 0 Å². The zero-order valence-corrected chi connectivity index (χ0v) is 107. The summed E-state index contributed by atoms with van der Waals surface area (Å²) in [5.74, 6) is 20.3. The molecule has 0 N–H and O–H groups in total. The van der Waals surface area contributed by atoms with Gasteiger partial charge in [0.25, 0.3) is 0 Å². The second kappa shape index (κ2) is 111. The molecule has 0 radical (unpaired) electrons. The highest BCUT2D eigenvalue weighted by atomic mass is 14.6. The van der Waals surface area contributed by atoms with Crippen molar-refractivity contribution < 1.29 is 0 Å². The van der Waals surface area contributed by atoms with Crippen molar-refractivity contribution in [2.75, 3.05) is 0 Å². The van der Waals surface area contributed by atoms with Crippen molar-refractivity contribution >= 4 is 0 Å². The Morgan fingerprint density at radius 1 is 0.172 bits per heavy atom. The van der Waals surface area contributed by atoms with Crippen molar-refractivity contribution in [3.8, 4) is 0 Å². The minimum absolute atomic E-state index is 0.611. The molecule has 0 aromatic rings. The monoisotopic (exact) mass is 2040 g/mol. The molecule has 0 aromatic heterocycles. The van der Waals surface area contributed by atoms with Gasteiger partial charge in [-0.3, -0.25) is 0 Å². The molecule has 8 fully saturated rings. The Hall–Kier alpha value is 0. The van der Waals surface area contributed by atoms with Crippen molar-refractivity contribution in [1.82, 2.24) is 0 Å². The highest BCUT2D eigenvalue weighted by Crippen LogP contribution is 2.63. The molecule has 6 atom stereocenters. The van der Waals surface area contributed by atoms with Crippen LogP contribution in [0.15, 0.2) is 0 Å². The van der Waals surface area contributed by atoms with Crippen LogP contribution in [0.2, 0.25) is 0 Å². The molecule has 0 amide bonds. The van der Waals surface area contributed by atoms with E-state index in [2.05, 4.69) is 173 Å². The summed E-state index contributed by atoms with van der Waals surface area (Å²) < 4.78 is 0. The molecule has 6 unspecified atom stereocenters. The van der Waals surface area contributed by atoms with Gasteiger partial charge in [0.05, 0.1) is 0 Å². The van der Waals surface area contributed by atoms with Crippen LogP contribution >= 0.6 is 0 Å². The molecule has 0 aromatic carbocycles. The zero-order valence-electron chi connectivity index (χ0n) is 107. The topological polar surface area (TPSA) is 0 Å².